The highest BCUT2D eigenvalue weighted by Crippen LogP contribution is 2.31. The molecule has 7 nitrogen and oxygen atoms in total. The number of ether oxygens (including phenoxy) is 1. The van der Waals surface area contributed by atoms with Gasteiger partial charge < -0.3 is 15.8 Å². The Balaban J connectivity index is 1.53. The Kier molecular flexibility index (Phi) is 3.57. The summed E-state index contributed by atoms with van der Waals surface area (Å²) in [6.07, 6.45) is 0. The van der Waals surface area contributed by atoms with Crippen molar-refractivity contribution >= 4 is 27.2 Å². The fourth-order valence-electron chi connectivity index (χ4n) is 3.26. The third-order valence-corrected chi connectivity index (χ3v) is 6.13. The first-order valence-corrected chi connectivity index (χ1v) is 9.67. The average Bonchev–Trinajstić information content (AvgIpc) is 3.00. The zero-order valence-electron chi connectivity index (χ0n) is 13.3. The van der Waals surface area contributed by atoms with E-state index in [2.05, 4.69) is 5.32 Å². The quantitative estimate of drug-likeness (QED) is 0.642. The van der Waals surface area contributed by atoms with Crippen LogP contribution >= 0.6 is 0 Å². The first-order chi connectivity index (χ1) is 11.9. The normalized spacial score (nSPS) is 24.0. The highest BCUT2D eigenvalue weighted by Gasteiger charge is 2.49. The van der Waals surface area contributed by atoms with Crippen molar-refractivity contribution in [1.29, 1.82) is 0 Å². The number of carbonyl (C=O) groups is 1. The van der Waals surface area contributed by atoms with E-state index in [1.54, 1.807) is 48.5 Å². The Bertz CT molecular complexity index is 910. The smallest absolute Gasteiger partial charge is 0.322 e. The molecule has 2 heterocycles. The van der Waals surface area contributed by atoms with E-state index < -0.39 is 9.84 Å². The Morgan fingerprint density at radius 1 is 1.00 bits per heavy atom. The van der Waals surface area contributed by atoms with Gasteiger partial charge in [0.25, 0.3) is 0 Å². The van der Waals surface area contributed by atoms with Crippen LogP contribution in [0.15, 0.2) is 48.5 Å². The monoisotopic (exact) mass is 359 g/mol. The molecule has 0 bridgehead atoms. The molecule has 2 aliphatic rings. The largest absolute Gasteiger partial charge is 0.457 e. The molecule has 8 heteroatoms. The van der Waals surface area contributed by atoms with E-state index >= 15 is 0 Å². The minimum atomic E-state index is -3.11. The van der Waals surface area contributed by atoms with E-state index in [0.29, 0.717) is 22.9 Å². The molecule has 2 saturated heterocycles. The molecule has 2 fully saturated rings. The topological polar surface area (TPSA) is 102 Å². The van der Waals surface area contributed by atoms with Crippen LogP contribution in [-0.4, -0.2) is 38.0 Å². The van der Waals surface area contributed by atoms with Crippen molar-refractivity contribution < 1.29 is 17.9 Å². The molecule has 4 rings (SSSR count). The van der Waals surface area contributed by atoms with Crippen molar-refractivity contribution in [3.05, 3.63) is 48.5 Å². The number of urea groups is 1. The van der Waals surface area contributed by atoms with Crippen LogP contribution < -0.4 is 20.7 Å². The number of hydrogen-bond acceptors (Lipinski definition) is 5. The Morgan fingerprint density at radius 2 is 1.60 bits per heavy atom. The van der Waals surface area contributed by atoms with Crippen LogP contribution in [0, 0.1) is 0 Å². The molecular weight excluding hydrogens is 342 g/mol. The number of rotatable bonds is 3. The predicted molar refractivity (Wildman–Crippen MR) is 94.6 cm³/mol. The van der Waals surface area contributed by atoms with Gasteiger partial charge in [0.2, 0.25) is 0 Å². The van der Waals surface area contributed by atoms with Crippen LogP contribution in [0.2, 0.25) is 0 Å². The van der Waals surface area contributed by atoms with Crippen molar-refractivity contribution in [2.45, 2.75) is 12.1 Å². The van der Waals surface area contributed by atoms with E-state index in [1.807, 2.05) is 0 Å². The molecule has 0 spiro atoms. The SMILES string of the molecule is Nc1ccc(Oc2ccc(N3C(=O)NC4CS(=O)(=O)CC43)cc2)cc1. The zero-order chi connectivity index (χ0) is 17.6. The summed E-state index contributed by atoms with van der Waals surface area (Å²) < 4.78 is 29.3. The summed E-state index contributed by atoms with van der Waals surface area (Å²) in [5.41, 5.74) is 6.94. The van der Waals surface area contributed by atoms with Crippen LogP contribution in [0.3, 0.4) is 0 Å². The van der Waals surface area contributed by atoms with Gasteiger partial charge in [-0.1, -0.05) is 0 Å². The minimum Gasteiger partial charge on any atom is -0.457 e. The average molecular weight is 359 g/mol. The third kappa shape index (κ3) is 3.00. The highest BCUT2D eigenvalue weighted by molar-refractivity contribution is 7.91. The maximum atomic E-state index is 12.2. The molecule has 0 aliphatic carbocycles. The van der Waals surface area contributed by atoms with E-state index in [9.17, 15) is 13.2 Å². The van der Waals surface area contributed by atoms with Crippen LogP contribution in [-0.2, 0) is 9.84 Å². The first-order valence-electron chi connectivity index (χ1n) is 7.85. The van der Waals surface area contributed by atoms with Gasteiger partial charge in [-0.05, 0) is 48.5 Å². The second kappa shape index (κ2) is 5.66. The standard InChI is InChI=1S/C17H17N3O4S/c18-11-1-5-13(6-2-11)24-14-7-3-12(4-8-14)20-16-10-25(22,23)9-15(16)19-17(20)21/h1-8,15-16H,9-10,18H2,(H,19,21). The van der Waals surface area contributed by atoms with Crippen molar-refractivity contribution in [2.75, 3.05) is 22.1 Å². The molecule has 2 aliphatic heterocycles. The number of anilines is 2. The molecule has 0 saturated carbocycles. The number of amides is 2. The molecule has 2 unspecified atom stereocenters. The summed E-state index contributed by atoms with van der Waals surface area (Å²) in [6, 6.07) is 13.1. The van der Waals surface area contributed by atoms with Gasteiger partial charge in [0.05, 0.1) is 23.6 Å². The van der Waals surface area contributed by atoms with E-state index in [0.717, 1.165) is 0 Å². The molecule has 2 amide bonds. The van der Waals surface area contributed by atoms with Gasteiger partial charge in [0.1, 0.15) is 11.5 Å². The summed E-state index contributed by atoms with van der Waals surface area (Å²) in [5, 5.41) is 2.74. The number of nitrogens with two attached hydrogens (primary N) is 1. The van der Waals surface area contributed by atoms with Gasteiger partial charge in [-0.2, -0.15) is 0 Å². The van der Waals surface area contributed by atoms with Crippen molar-refractivity contribution in [3.63, 3.8) is 0 Å². The van der Waals surface area contributed by atoms with E-state index in [1.165, 1.54) is 4.90 Å². The number of nitrogens with zero attached hydrogens (tertiary/aromatic N) is 1. The maximum Gasteiger partial charge on any atom is 0.322 e. The van der Waals surface area contributed by atoms with Crippen molar-refractivity contribution in [2.24, 2.45) is 0 Å². The zero-order valence-corrected chi connectivity index (χ0v) is 14.1. The molecule has 130 valence electrons. The van der Waals surface area contributed by atoms with Crippen LogP contribution in [0.25, 0.3) is 0 Å². The summed E-state index contributed by atoms with van der Waals surface area (Å²) in [7, 11) is -3.11. The van der Waals surface area contributed by atoms with Crippen LogP contribution in [0.4, 0.5) is 16.2 Å². The number of benzene rings is 2. The number of carbonyl (C=O) groups excluding carboxylic acids is 1. The van der Waals surface area contributed by atoms with Crippen LogP contribution in [0.5, 0.6) is 11.5 Å². The van der Waals surface area contributed by atoms with Gasteiger partial charge in [0.15, 0.2) is 9.84 Å². The lowest BCUT2D eigenvalue weighted by Crippen LogP contribution is -2.36. The number of nitrogens with one attached hydrogen (secondary N) is 1. The number of hydrogen-bond donors (Lipinski definition) is 2. The van der Waals surface area contributed by atoms with Gasteiger partial charge >= 0.3 is 6.03 Å². The molecule has 25 heavy (non-hydrogen) atoms. The molecular formula is C17H17N3O4S. The van der Waals surface area contributed by atoms with Gasteiger partial charge in [-0.25, -0.2) is 13.2 Å². The Hall–Kier alpha value is -2.74. The van der Waals surface area contributed by atoms with Gasteiger partial charge in [-0.15, -0.1) is 0 Å². The first kappa shape index (κ1) is 15.8. The van der Waals surface area contributed by atoms with Crippen molar-refractivity contribution in [1.82, 2.24) is 5.32 Å². The Labute approximate surface area is 145 Å². The fourth-order valence-corrected chi connectivity index (χ4v) is 5.15. The number of sulfone groups is 1. The lowest BCUT2D eigenvalue weighted by Gasteiger charge is -2.21. The summed E-state index contributed by atoms with van der Waals surface area (Å²) >= 11 is 0. The molecule has 2 aromatic carbocycles. The lowest BCUT2D eigenvalue weighted by atomic mass is 10.1. The second-order valence-electron chi connectivity index (χ2n) is 6.24. The molecule has 2 aromatic rings. The summed E-state index contributed by atoms with van der Waals surface area (Å²) in [5.74, 6) is 1.25. The van der Waals surface area contributed by atoms with Crippen molar-refractivity contribution in [3.8, 4) is 11.5 Å². The van der Waals surface area contributed by atoms with Gasteiger partial charge in [0, 0.05) is 11.4 Å². The Morgan fingerprint density at radius 3 is 2.24 bits per heavy atom. The van der Waals surface area contributed by atoms with E-state index in [-0.39, 0.29) is 29.6 Å². The van der Waals surface area contributed by atoms with Gasteiger partial charge in [-0.3, -0.25) is 4.90 Å². The molecule has 3 N–H and O–H groups in total. The molecule has 0 radical (unpaired) electrons. The third-order valence-electron chi connectivity index (χ3n) is 4.41. The van der Waals surface area contributed by atoms with E-state index in [4.69, 9.17) is 10.5 Å². The summed E-state index contributed by atoms with van der Waals surface area (Å²) in [6.45, 7) is 0. The van der Waals surface area contributed by atoms with Crippen LogP contribution in [0.1, 0.15) is 0 Å². The fraction of sp³-hybridized carbons (Fsp3) is 0.235. The lowest BCUT2D eigenvalue weighted by molar-refractivity contribution is 0.251. The molecule has 0 aromatic heterocycles. The number of nitrogen functional groups attached to an aromatic ring is 1. The maximum absolute atomic E-state index is 12.2. The number of fused-ring (bicyclic) bond motifs is 1. The predicted octanol–water partition coefficient (Wildman–Crippen LogP) is 1.76. The second-order valence-corrected chi connectivity index (χ2v) is 8.39. The summed E-state index contributed by atoms with van der Waals surface area (Å²) in [4.78, 5) is 13.7. The minimum absolute atomic E-state index is 0.00175. The highest BCUT2D eigenvalue weighted by atomic mass is 32.2. The molecule has 2 atom stereocenters.